The maximum Gasteiger partial charge on any atom is 0.254 e. The van der Waals surface area contributed by atoms with E-state index in [0.717, 1.165) is 6.42 Å². The minimum absolute atomic E-state index is 0.00851. The van der Waals surface area contributed by atoms with Crippen molar-refractivity contribution in [1.29, 1.82) is 0 Å². The zero-order valence-electron chi connectivity index (χ0n) is 11.9. The van der Waals surface area contributed by atoms with Crippen LogP contribution in [0.5, 0.6) is 0 Å². The fraction of sp³-hybridized carbons (Fsp3) is 0.533. The molecule has 0 saturated carbocycles. The number of hydrogen-bond acceptors (Lipinski definition) is 3. The number of carbonyl (C=O) groups excluding carboxylic acids is 1. The first-order chi connectivity index (χ1) is 9.61. The van der Waals surface area contributed by atoms with Gasteiger partial charge in [-0.25, -0.2) is 4.39 Å². The number of amides is 1. The van der Waals surface area contributed by atoms with E-state index in [1.54, 1.807) is 25.0 Å². The smallest absolute Gasteiger partial charge is 0.254 e. The Kier molecular flexibility index (Phi) is 5.09. The van der Waals surface area contributed by atoms with Crippen LogP contribution in [0.25, 0.3) is 0 Å². The monoisotopic (exact) mass is 281 g/mol. The van der Waals surface area contributed by atoms with E-state index < -0.39 is 0 Å². The highest BCUT2D eigenvalue weighted by molar-refractivity contribution is 5.94. The van der Waals surface area contributed by atoms with E-state index in [1.165, 1.54) is 12.1 Å². The molecule has 1 fully saturated rings. The van der Waals surface area contributed by atoms with Crippen LogP contribution in [0.1, 0.15) is 22.3 Å². The largest absolute Gasteiger partial charge is 0.385 e. The lowest BCUT2D eigenvalue weighted by atomic mass is 10.1. The van der Waals surface area contributed by atoms with E-state index >= 15 is 0 Å². The number of carbonyl (C=O) groups is 1. The summed E-state index contributed by atoms with van der Waals surface area (Å²) in [5.74, 6) is -0.361. The van der Waals surface area contributed by atoms with Crippen LogP contribution >= 0.6 is 0 Å². The number of ether oxygens (including phenoxy) is 2. The maximum absolute atomic E-state index is 13.2. The van der Waals surface area contributed by atoms with E-state index in [9.17, 15) is 9.18 Å². The van der Waals surface area contributed by atoms with Gasteiger partial charge in [0.1, 0.15) is 5.82 Å². The van der Waals surface area contributed by atoms with Crippen LogP contribution in [0, 0.1) is 12.7 Å². The molecule has 0 aromatic heterocycles. The first-order valence-electron chi connectivity index (χ1n) is 6.77. The molecule has 0 radical (unpaired) electrons. The predicted octanol–water partition coefficient (Wildman–Crippen LogP) is 2.01. The van der Waals surface area contributed by atoms with E-state index in [4.69, 9.17) is 9.47 Å². The molecule has 1 heterocycles. The SMILES string of the molecule is COCC[C@@H]1CN(C(=O)c2ccc(F)c(C)c2)CCO1. The number of halogens is 1. The average molecular weight is 281 g/mol. The normalized spacial score (nSPS) is 19.1. The molecule has 1 aliphatic rings. The van der Waals surface area contributed by atoms with Crippen molar-refractivity contribution in [2.45, 2.75) is 19.4 Å². The van der Waals surface area contributed by atoms with Crippen molar-refractivity contribution in [2.24, 2.45) is 0 Å². The van der Waals surface area contributed by atoms with E-state index in [-0.39, 0.29) is 17.8 Å². The summed E-state index contributed by atoms with van der Waals surface area (Å²) in [6.07, 6.45) is 0.775. The molecule has 0 bridgehead atoms. The van der Waals surface area contributed by atoms with Crippen LogP contribution in [0.3, 0.4) is 0 Å². The number of rotatable bonds is 4. The van der Waals surface area contributed by atoms with Crippen molar-refractivity contribution in [3.8, 4) is 0 Å². The lowest BCUT2D eigenvalue weighted by molar-refractivity contribution is -0.0332. The van der Waals surface area contributed by atoms with Crippen LogP contribution in [0.2, 0.25) is 0 Å². The second kappa shape index (κ2) is 6.81. The Balaban J connectivity index is 2.02. The Bertz CT molecular complexity index is 478. The van der Waals surface area contributed by atoms with Gasteiger partial charge < -0.3 is 14.4 Å². The molecule has 1 atom stereocenters. The Morgan fingerprint density at radius 2 is 2.35 bits per heavy atom. The summed E-state index contributed by atoms with van der Waals surface area (Å²) >= 11 is 0. The number of methoxy groups -OCH3 is 1. The Morgan fingerprint density at radius 1 is 1.55 bits per heavy atom. The van der Waals surface area contributed by atoms with Crippen LogP contribution in [0.4, 0.5) is 4.39 Å². The summed E-state index contributed by atoms with van der Waals surface area (Å²) in [5, 5.41) is 0. The molecule has 0 unspecified atom stereocenters. The standard InChI is InChI=1S/C15H20FNO3/c1-11-9-12(3-4-14(11)16)15(18)17-6-8-20-13(10-17)5-7-19-2/h3-4,9,13H,5-8,10H2,1-2H3/t13-/m1/s1. The lowest BCUT2D eigenvalue weighted by Crippen LogP contribution is -2.46. The quantitative estimate of drug-likeness (QED) is 0.847. The van der Waals surface area contributed by atoms with Gasteiger partial charge in [-0.05, 0) is 37.1 Å². The molecule has 2 rings (SSSR count). The van der Waals surface area contributed by atoms with E-state index in [0.29, 0.717) is 37.4 Å². The molecule has 1 aliphatic heterocycles. The number of benzene rings is 1. The van der Waals surface area contributed by atoms with Gasteiger partial charge in [0.2, 0.25) is 0 Å². The Labute approximate surface area is 118 Å². The molecule has 1 aromatic rings. The van der Waals surface area contributed by atoms with Crippen molar-refractivity contribution in [2.75, 3.05) is 33.4 Å². The zero-order chi connectivity index (χ0) is 14.5. The van der Waals surface area contributed by atoms with Gasteiger partial charge in [-0.1, -0.05) is 0 Å². The van der Waals surface area contributed by atoms with E-state index in [2.05, 4.69) is 0 Å². The molecular weight excluding hydrogens is 261 g/mol. The molecule has 1 aromatic carbocycles. The summed E-state index contributed by atoms with van der Waals surface area (Å²) in [6, 6.07) is 4.47. The third kappa shape index (κ3) is 3.55. The number of hydrogen-bond donors (Lipinski definition) is 0. The zero-order valence-corrected chi connectivity index (χ0v) is 11.9. The van der Waals surface area contributed by atoms with Crippen molar-refractivity contribution >= 4 is 5.91 Å². The van der Waals surface area contributed by atoms with Gasteiger partial charge in [0.25, 0.3) is 5.91 Å². The highest BCUT2D eigenvalue weighted by atomic mass is 19.1. The molecule has 1 amide bonds. The van der Waals surface area contributed by atoms with Crippen molar-refractivity contribution in [3.05, 3.63) is 35.1 Å². The third-order valence-corrected chi connectivity index (χ3v) is 3.47. The van der Waals surface area contributed by atoms with Gasteiger partial charge in [0.05, 0.1) is 12.7 Å². The third-order valence-electron chi connectivity index (χ3n) is 3.47. The van der Waals surface area contributed by atoms with Gasteiger partial charge in [0.15, 0.2) is 0 Å². The number of nitrogens with zero attached hydrogens (tertiary/aromatic N) is 1. The molecule has 1 saturated heterocycles. The van der Waals surface area contributed by atoms with Gasteiger partial charge >= 0.3 is 0 Å². The van der Waals surface area contributed by atoms with Crippen LogP contribution in [0.15, 0.2) is 18.2 Å². The minimum Gasteiger partial charge on any atom is -0.385 e. The van der Waals surface area contributed by atoms with Gasteiger partial charge in [-0.3, -0.25) is 4.79 Å². The minimum atomic E-state index is -0.290. The predicted molar refractivity (Wildman–Crippen MR) is 73.3 cm³/mol. The molecule has 4 nitrogen and oxygen atoms in total. The topological polar surface area (TPSA) is 38.8 Å². The Hall–Kier alpha value is -1.46. The first-order valence-corrected chi connectivity index (χ1v) is 6.77. The Morgan fingerprint density at radius 3 is 3.05 bits per heavy atom. The highest BCUT2D eigenvalue weighted by Crippen LogP contribution is 2.15. The fourth-order valence-corrected chi connectivity index (χ4v) is 2.29. The average Bonchev–Trinajstić information content (AvgIpc) is 2.47. The number of morpholine rings is 1. The van der Waals surface area contributed by atoms with Crippen molar-refractivity contribution in [1.82, 2.24) is 4.90 Å². The van der Waals surface area contributed by atoms with Gasteiger partial charge in [0, 0.05) is 32.4 Å². The summed E-state index contributed by atoms with van der Waals surface area (Å²) in [4.78, 5) is 14.2. The molecule has 0 aliphatic carbocycles. The van der Waals surface area contributed by atoms with E-state index in [1.807, 2.05) is 0 Å². The summed E-state index contributed by atoms with van der Waals surface area (Å²) in [7, 11) is 1.65. The highest BCUT2D eigenvalue weighted by Gasteiger charge is 2.25. The second-order valence-corrected chi connectivity index (χ2v) is 4.99. The van der Waals surface area contributed by atoms with Crippen LogP contribution < -0.4 is 0 Å². The molecule has 0 spiro atoms. The van der Waals surface area contributed by atoms with Crippen molar-refractivity contribution < 1.29 is 18.7 Å². The number of aryl methyl sites for hydroxylation is 1. The van der Waals surface area contributed by atoms with Crippen molar-refractivity contribution in [3.63, 3.8) is 0 Å². The van der Waals surface area contributed by atoms with Gasteiger partial charge in [-0.2, -0.15) is 0 Å². The molecule has 5 heteroatoms. The molecule has 0 N–H and O–H groups in total. The lowest BCUT2D eigenvalue weighted by Gasteiger charge is -2.33. The fourth-order valence-electron chi connectivity index (χ4n) is 2.29. The second-order valence-electron chi connectivity index (χ2n) is 4.99. The molecular formula is C15H20FNO3. The maximum atomic E-state index is 13.2. The van der Waals surface area contributed by atoms with Gasteiger partial charge in [-0.15, -0.1) is 0 Å². The summed E-state index contributed by atoms with van der Waals surface area (Å²) in [6.45, 7) is 3.92. The van der Waals surface area contributed by atoms with Crippen LogP contribution in [-0.2, 0) is 9.47 Å². The first kappa shape index (κ1) is 14.9. The summed E-state index contributed by atoms with van der Waals surface area (Å²) in [5.41, 5.74) is 1.01. The summed E-state index contributed by atoms with van der Waals surface area (Å²) < 4.78 is 23.9. The molecule has 20 heavy (non-hydrogen) atoms. The van der Waals surface area contributed by atoms with Crippen LogP contribution in [-0.4, -0.2) is 50.3 Å². The molecule has 110 valence electrons.